The van der Waals surface area contributed by atoms with Gasteiger partial charge in [0.25, 0.3) is 11.8 Å². The Bertz CT molecular complexity index is 1060. The van der Waals surface area contributed by atoms with Gasteiger partial charge in [0, 0.05) is 20.2 Å². The molecule has 0 bridgehead atoms. The first kappa shape index (κ1) is 21.8. The Kier molecular flexibility index (Phi) is 6.81. The van der Waals surface area contributed by atoms with Gasteiger partial charge in [0.15, 0.2) is 17.3 Å². The van der Waals surface area contributed by atoms with Gasteiger partial charge in [0.2, 0.25) is 0 Å². The molecule has 0 spiro atoms. The number of furan rings is 1. The molecule has 0 saturated carbocycles. The number of benzene rings is 2. The van der Waals surface area contributed by atoms with Crippen molar-refractivity contribution < 1.29 is 28.2 Å². The summed E-state index contributed by atoms with van der Waals surface area (Å²) in [7, 11) is 6.19. The number of methoxy groups -OCH3 is 2. The predicted molar refractivity (Wildman–Crippen MR) is 115 cm³/mol. The normalized spacial score (nSPS) is 10.3. The molecule has 0 unspecified atom stereocenters. The SMILES string of the molecule is COc1cc(NC(=O)c2ccc(COc3ccccc3)o2)c(C(=O)N(C)C)cc1OC. The molecule has 8 heteroatoms. The van der Waals surface area contributed by atoms with Crippen molar-refractivity contribution in [2.75, 3.05) is 33.6 Å². The first-order valence-electron chi connectivity index (χ1n) is 9.48. The monoisotopic (exact) mass is 424 g/mol. The van der Waals surface area contributed by atoms with E-state index in [4.69, 9.17) is 18.6 Å². The van der Waals surface area contributed by atoms with Crippen LogP contribution in [0.5, 0.6) is 17.2 Å². The Morgan fingerprint density at radius 3 is 2.29 bits per heavy atom. The van der Waals surface area contributed by atoms with Gasteiger partial charge in [-0.05, 0) is 30.3 Å². The number of amides is 2. The molecule has 8 nitrogen and oxygen atoms in total. The van der Waals surface area contributed by atoms with Crippen molar-refractivity contribution in [1.82, 2.24) is 4.90 Å². The van der Waals surface area contributed by atoms with Crippen molar-refractivity contribution in [3.63, 3.8) is 0 Å². The van der Waals surface area contributed by atoms with E-state index in [2.05, 4.69) is 5.32 Å². The fourth-order valence-corrected chi connectivity index (χ4v) is 2.83. The van der Waals surface area contributed by atoms with Crippen LogP contribution in [0.2, 0.25) is 0 Å². The molecule has 2 amide bonds. The van der Waals surface area contributed by atoms with E-state index >= 15 is 0 Å². The van der Waals surface area contributed by atoms with E-state index < -0.39 is 5.91 Å². The molecule has 1 heterocycles. The fourth-order valence-electron chi connectivity index (χ4n) is 2.83. The Morgan fingerprint density at radius 1 is 0.968 bits per heavy atom. The van der Waals surface area contributed by atoms with E-state index in [0.717, 1.165) is 0 Å². The third-order valence-electron chi connectivity index (χ3n) is 4.42. The lowest BCUT2D eigenvalue weighted by molar-refractivity contribution is 0.0828. The maximum Gasteiger partial charge on any atom is 0.291 e. The fraction of sp³-hybridized carbons (Fsp3) is 0.217. The van der Waals surface area contributed by atoms with Crippen molar-refractivity contribution >= 4 is 17.5 Å². The van der Waals surface area contributed by atoms with Crippen LogP contribution in [0.4, 0.5) is 5.69 Å². The standard InChI is InChI=1S/C23H24N2O6/c1-25(2)23(27)17-12-20(28-3)21(29-4)13-18(17)24-22(26)19-11-10-16(31-19)14-30-15-8-6-5-7-9-15/h5-13H,14H2,1-4H3,(H,24,26). The van der Waals surface area contributed by atoms with E-state index in [1.54, 1.807) is 26.2 Å². The molecular formula is C23H24N2O6. The molecule has 1 aromatic heterocycles. The van der Waals surface area contributed by atoms with Crippen molar-refractivity contribution in [3.05, 3.63) is 71.7 Å². The van der Waals surface area contributed by atoms with Gasteiger partial charge in [-0.3, -0.25) is 9.59 Å². The van der Waals surface area contributed by atoms with E-state index in [1.165, 1.54) is 31.3 Å². The van der Waals surface area contributed by atoms with Crippen LogP contribution in [0.3, 0.4) is 0 Å². The zero-order valence-corrected chi connectivity index (χ0v) is 17.8. The molecule has 0 atom stereocenters. The Balaban J connectivity index is 1.79. The minimum atomic E-state index is -0.508. The summed E-state index contributed by atoms with van der Waals surface area (Å²) in [5.74, 6) is 1.23. The summed E-state index contributed by atoms with van der Waals surface area (Å²) in [4.78, 5) is 26.8. The van der Waals surface area contributed by atoms with Gasteiger partial charge in [0.1, 0.15) is 18.1 Å². The minimum Gasteiger partial charge on any atom is -0.493 e. The summed E-state index contributed by atoms with van der Waals surface area (Å²) >= 11 is 0. The molecule has 0 fully saturated rings. The van der Waals surface area contributed by atoms with E-state index in [9.17, 15) is 9.59 Å². The van der Waals surface area contributed by atoms with E-state index in [1.807, 2.05) is 30.3 Å². The highest BCUT2D eigenvalue weighted by Gasteiger charge is 2.21. The first-order valence-corrected chi connectivity index (χ1v) is 9.48. The molecule has 0 aliphatic heterocycles. The largest absolute Gasteiger partial charge is 0.493 e. The second-order valence-electron chi connectivity index (χ2n) is 6.77. The number of hydrogen-bond acceptors (Lipinski definition) is 6. The highest BCUT2D eigenvalue weighted by atomic mass is 16.5. The maximum absolute atomic E-state index is 12.8. The number of carbonyl (C=O) groups is 2. The summed E-state index contributed by atoms with van der Waals surface area (Å²) in [6.45, 7) is 0.179. The van der Waals surface area contributed by atoms with Gasteiger partial charge >= 0.3 is 0 Å². The number of ether oxygens (including phenoxy) is 3. The topological polar surface area (TPSA) is 90.2 Å². The number of nitrogens with one attached hydrogen (secondary N) is 1. The summed E-state index contributed by atoms with van der Waals surface area (Å²) in [5.41, 5.74) is 0.537. The third kappa shape index (κ3) is 5.16. The smallest absolute Gasteiger partial charge is 0.291 e. The molecular weight excluding hydrogens is 400 g/mol. The van der Waals surface area contributed by atoms with E-state index in [0.29, 0.717) is 23.0 Å². The van der Waals surface area contributed by atoms with Crippen LogP contribution < -0.4 is 19.5 Å². The van der Waals surface area contributed by atoms with Crippen molar-refractivity contribution in [2.45, 2.75) is 6.61 Å². The molecule has 1 N–H and O–H groups in total. The zero-order chi connectivity index (χ0) is 22.4. The number of anilines is 1. The molecule has 162 valence electrons. The molecule has 0 saturated heterocycles. The lowest BCUT2D eigenvalue weighted by Gasteiger charge is -2.17. The summed E-state index contributed by atoms with van der Waals surface area (Å²) in [5, 5.41) is 2.72. The van der Waals surface area contributed by atoms with Crippen LogP contribution in [-0.4, -0.2) is 45.0 Å². The van der Waals surface area contributed by atoms with Crippen molar-refractivity contribution in [3.8, 4) is 17.2 Å². The molecule has 31 heavy (non-hydrogen) atoms. The zero-order valence-electron chi connectivity index (χ0n) is 17.8. The van der Waals surface area contributed by atoms with Crippen LogP contribution in [0.1, 0.15) is 26.7 Å². The molecule has 3 aromatic rings. The van der Waals surface area contributed by atoms with Crippen LogP contribution in [0.15, 0.2) is 59.0 Å². The number of nitrogens with zero attached hydrogens (tertiary/aromatic N) is 1. The van der Waals surface area contributed by atoms with Crippen LogP contribution in [0.25, 0.3) is 0 Å². The van der Waals surface area contributed by atoms with Gasteiger partial charge < -0.3 is 28.8 Å². The highest BCUT2D eigenvalue weighted by Crippen LogP contribution is 2.34. The van der Waals surface area contributed by atoms with Gasteiger partial charge in [-0.25, -0.2) is 0 Å². The van der Waals surface area contributed by atoms with Crippen LogP contribution >= 0.6 is 0 Å². The Hall–Kier alpha value is -3.94. The molecule has 0 aliphatic rings. The minimum absolute atomic E-state index is 0.0877. The number of rotatable bonds is 8. The number of carbonyl (C=O) groups excluding carboxylic acids is 2. The molecule has 2 aromatic carbocycles. The second-order valence-corrected chi connectivity index (χ2v) is 6.77. The number of hydrogen-bond donors (Lipinski definition) is 1. The average Bonchev–Trinajstić information content (AvgIpc) is 3.26. The lowest BCUT2D eigenvalue weighted by Crippen LogP contribution is -2.24. The summed E-state index contributed by atoms with van der Waals surface area (Å²) < 4.78 is 21.8. The third-order valence-corrected chi connectivity index (χ3v) is 4.42. The lowest BCUT2D eigenvalue weighted by atomic mass is 10.1. The predicted octanol–water partition coefficient (Wildman–Crippen LogP) is 3.83. The van der Waals surface area contributed by atoms with Crippen molar-refractivity contribution in [2.24, 2.45) is 0 Å². The van der Waals surface area contributed by atoms with Gasteiger partial charge in [0.05, 0.1) is 25.5 Å². The van der Waals surface area contributed by atoms with Crippen LogP contribution in [-0.2, 0) is 6.61 Å². The highest BCUT2D eigenvalue weighted by molar-refractivity contribution is 6.08. The molecule has 0 aliphatic carbocycles. The second kappa shape index (κ2) is 9.71. The molecule has 0 radical (unpaired) electrons. The first-order chi connectivity index (χ1) is 14.9. The average molecular weight is 424 g/mol. The summed E-state index contributed by atoms with van der Waals surface area (Å²) in [6, 6.07) is 15.6. The maximum atomic E-state index is 12.8. The Labute approximate surface area is 180 Å². The van der Waals surface area contributed by atoms with Gasteiger partial charge in [-0.2, -0.15) is 0 Å². The van der Waals surface area contributed by atoms with Crippen LogP contribution in [0, 0.1) is 0 Å². The number of para-hydroxylation sites is 1. The quantitative estimate of drug-likeness (QED) is 0.591. The van der Waals surface area contributed by atoms with Gasteiger partial charge in [-0.1, -0.05) is 18.2 Å². The molecule has 3 rings (SSSR count). The van der Waals surface area contributed by atoms with E-state index in [-0.39, 0.29) is 29.5 Å². The van der Waals surface area contributed by atoms with Gasteiger partial charge in [-0.15, -0.1) is 0 Å². The van der Waals surface area contributed by atoms with Crippen molar-refractivity contribution in [1.29, 1.82) is 0 Å². The summed E-state index contributed by atoms with van der Waals surface area (Å²) in [6.07, 6.45) is 0. The Morgan fingerprint density at radius 2 is 1.65 bits per heavy atom.